The number of carbonyl (C=O) groups excluding carboxylic acids is 1. The summed E-state index contributed by atoms with van der Waals surface area (Å²) >= 11 is 0. The van der Waals surface area contributed by atoms with E-state index in [0.717, 1.165) is 11.8 Å². The lowest BCUT2D eigenvalue weighted by Crippen LogP contribution is -1.93. The third-order valence-electron chi connectivity index (χ3n) is 2.74. The number of carbonyl (C=O) groups is 1. The zero-order chi connectivity index (χ0) is 12.5. The molecule has 0 fully saturated rings. The molecule has 3 aromatic rings. The van der Waals surface area contributed by atoms with Gasteiger partial charge in [0, 0.05) is 18.0 Å². The molecule has 0 saturated heterocycles. The van der Waals surface area contributed by atoms with Gasteiger partial charge in [-0.3, -0.25) is 4.79 Å². The zero-order valence-corrected chi connectivity index (χ0v) is 9.74. The van der Waals surface area contributed by atoms with Crippen LogP contribution in [-0.4, -0.2) is 26.1 Å². The van der Waals surface area contributed by atoms with Crippen molar-refractivity contribution in [3.63, 3.8) is 0 Å². The maximum atomic E-state index is 10.7. The van der Waals surface area contributed by atoms with Gasteiger partial charge >= 0.3 is 0 Å². The van der Waals surface area contributed by atoms with E-state index in [1.54, 1.807) is 6.20 Å². The van der Waals surface area contributed by atoms with Crippen LogP contribution < -0.4 is 0 Å². The van der Waals surface area contributed by atoms with Crippen LogP contribution in [0.4, 0.5) is 0 Å². The van der Waals surface area contributed by atoms with Crippen molar-refractivity contribution in [2.75, 3.05) is 0 Å². The quantitative estimate of drug-likeness (QED) is 0.640. The van der Waals surface area contributed by atoms with Crippen molar-refractivity contribution >= 4 is 11.9 Å². The predicted octanol–water partition coefficient (Wildman–Crippen LogP) is 1.91. The molecule has 0 aliphatic rings. The fraction of sp³-hybridized carbons (Fsp3) is 0.0769. The molecule has 2 heterocycles. The molecule has 0 amide bonds. The van der Waals surface area contributed by atoms with Crippen molar-refractivity contribution in [3.8, 4) is 11.3 Å². The number of hydrogen-bond donors (Lipinski definition) is 0. The summed E-state index contributed by atoms with van der Waals surface area (Å²) in [5.74, 6) is 0. The fourth-order valence-corrected chi connectivity index (χ4v) is 1.77. The minimum Gasteiger partial charge on any atom is -0.298 e. The minimum absolute atomic E-state index is 0.475. The number of aryl methyl sites for hydroxylation is 1. The summed E-state index contributed by atoms with van der Waals surface area (Å²) < 4.78 is 1.51. The summed E-state index contributed by atoms with van der Waals surface area (Å²) in [5, 5.41) is 8.08. The van der Waals surface area contributed by atoms with E-state index >= 15 is 0 Å². The highest BCUT2D eigenvalue weighted by molar-refractivity contribution is 5.77. The van der Waals surface area contributed by atoms with Crippen LogP contribution >= 0.6 is 0 Å². The molecule has 0 spiro atoms. The Bertz CT molecular complexity index is 715. The standard InChI is InChI=1S/C13H10N4O/c1-9-2-4-11(5-3-9)12-13-14-6-10(8-18)7-17(13)16-15-12/h2-8H,1H3. The normalized spacial score (nSPS) is 10.7. The molecular formula is C13H10N4O. The molecule has 0 bridgehead atoms. The first-order valence-electron chi connectivity index (χ1n) is 5.51. The van der Waals surface area contributed by atoms with Crippen molar-refractivity contribution in [1.29, 1.82) is 0 Å². The first kappa shape index (κ1) is 10.6. The third kappa shape index (κ3) is 1.66. The predicted molar refractivity (Wildman–Crippen MR) is 66.3 cm³/mol. The van der Waals surface area contributed by atoms with Crippen molar-refractivity contribution in [3.05, 3.63) is 47.8 Å². The summed E-state index contributed by atoms with van der Waals surface area (Å²) in [7, 11) is 0. The van der Waals surface area contributed by atoms with E-state index in [-0.39, 0.29) is 0 Å². The molecule has 0 radical (unpaired) electrons. The highest BCUT2D eigenvalue weighted by Crippen LogP contribution is 2.20. The van der Waals surface area contributed by atoms with Gasteiger partial charge in [0.25, 0.3) is 0 Å². The molecule has 2 aromatic heterocycles. The minimum atomic E-state index is 0.475. The van der Waals surface area contributed by atoms with Crippen LogP contribution in [0.15, 0.2) is 36.7 Å². The molecule has 0 saturated carbocycles. The molecule has 88 valence electrons. The Balaban J connectivity index is 2.18. The number of aromatic nitrogens is 4. The van der Waals surface area contributed by atoms with Crippen LogP contribution in [0.3, 0.4) is 0 Å². The van der Waals surface area contributed by atoms with Crippen LogP contribution in [0.25, 0.3) is 16.9 Å². The van der Waals surface area contributed by atoms with E-state index in [2.05, 4.69) is 15.3 Å². The topological polar surface area (TPSA) is 60.2 Å². The number of aldehydes is 1. The van der Waals surface area contributed by atoms with Gasteiger partial charge < -0.3 is 0 Å². The summed E-state index contributed by atoms with van der Waals surface area (Å²) in [5.41, 5.74) is 3.98. The molecule has 18 heavy (non-hydrogen) atoms. The number of hydrogen-bond acceptors (Lipinski definition) is 4. The molecule has 0 unspecified atom stereocenters. The Kier molecular flexibility index (Phi) is 2.37. The number of nitrogens with zero attached hydrogens (tertiary/aromatic N) is 4. The van der Waals surface area contributed by atoms with E-state index in [4.69, 9.17) is 0 Å². The van der Waals surface area contributed by atoms with Crippen molar-refractivity contribution < 1.29 is 4.79 Å². The summed E-state index contributed by atoms with van der Waals surface area (Å²) in [6.45, 7) is 2.03. The SMILES string of the molecule is Cc1ccc(-c2nnn3cc(C=O)cnc23)cc1. The second-order valence-electron chi connectivity index (χ2n) is 4.08. The van der Waals surface area contributed by atoms with Gasteiger partial charge in [0.1, 0.15) is 5.69 Å². The lowest BCUT2D eigenvalue weighted by atomic mass is 10.1. The van der Waals surface area contributed by atoms with Crippen molar-refractivity contribution in [2.45, 2.75) is 6.92 Å². The van der Waals surface area contributed by atoms with Crippen LogP contribution in [0.5, 0.6) is 0 Å². The molecule has 0 N–H and O–H groups in total. The smallest absolute Gasteiger partial charge is 0.183 e. The second kappa shape index (κ2) is 4.03. The Morgan fingerprint density at radius 2 is 2.00 bits per heavy atom. The Morgan fingerprint density at radius 3 is 2.72 bits per heavy atom. The fourth-order valence-electron chi connectivity index (χ4n) is 1.77. The molecular weight excluding hydrogens is 228 g/mol. The average Bonchev–Trinajstić information content (AvgIpc) is 2.82. The van der Waals surface area contributed by atoms with Crippen LogP contribution in [-0.2, 0) is 0 Å². The molecule has 1 aromatic carbocycles. The van der Waals surface area contributed by atoms with Gasteiger partial charge in [-0.25, -0.2) is 9.50 Å². The average molecular weight is 238 g/mol. The number of rotatable bonds is 2. The van der Waals surface area contributed by atoms with Crippen LogP contribution in [0.2, 0.25) is 0 Å². The van der Waals surface area contributed by atoms with Crippen LogP contribution in [0.1, 0.15) is 15.9 Å². The Labute approximate surface area is 103 Å². The van der Waals surface area contributed by atoms with Gasteiger partial charge in [0.05, 0.1) is 5.56 Å². The van der Waals surface area contributed by atoms with Gasteiger partial charge in [-0.1, -0.05) is 35.0 Å². The van der Waals surface area contributed by atoms with Gasteiger partial charge in [-0.05, 0) is 6.92 Å². The lowest BCUT2D eigenvalue weighted by molar-refractivity contribution is 0.112. The van der Waals surface area contributed by atoms with Gasteiger partial charge in [-0.15, -0.1) is 5.10 Å². The van der Waals surface area contributed by atoms with E-state index < -0.39 is 0 Å². The first-order valence-corrected chi connectivity index (χ1v) is 5.51. The van der Waals surface area contributed by atoms with Crippen LogP contribution in [0, 0.1) is 6.92 Å². The molecule has 5 nitrogen and oxygen atoms in total. The van der Waals surface area contributed by atoms with Gasteiger partial charge in [-0.2, -0.15) is 0 Å². The monoisotopic (exact) mass is 238 g/mol. The summed E-state index contributed by atoms with van der Waals surface area (Å²) in [6, 6.07) is 7.99. The van der Waals surface area contributed by atoms with E-state index in [9.17, 15) is 4.79 Å². The third-order valence-corrected chi connectivity index (χ3v) is 2.74. The summed E-state index contributed by atoms with van der Waals surface area (Å²) in [6.07, 6.45) is 3.86. The Hall–Kier alpha value is -2.56. The van der Waals surface area contributed by atoms with Crippen molar-refractivity contribution in [2.24, 2.45) is 0 Å². The maximum Gasteiger partial charge on any atom is 0.183 e. The highest BCUT2D eigenvalue weighted by Gasteiger charge is 2.09. The zero-order valence-electron chi connectivity index (χ0n) is 9.74. The lowest BCUT2D eigenvalue weighted by Gasteiger charge is -1.98. The maximum absolute atomic E-state index is 10.7. The number of fused-ring (bicyclic) bond motifs is 1. The highest BCUT2D eigenvalue weighted by atomic mass is 16.1. The first-order chi connectivity index (χ1) is 8.78. The molecule has 0 aliphatic heterocycles. The van der Waals surface area contributed by atoms with E-state index in [1.165, 1.54) is 16.3 Å². The van der Waals surface area contributed by atoms with E-state index in [1.807, 2.05) is 31.2 Å². The van der Waals surface area contributed by atoms with Gasteiger partial charge in [0.15, 0.2) is 11.9 Å². The number of benzene rings is 1. The van der Waals surface area contributed by atoms with E-state index in [0.29, 0.717) is 16.9 Å². The van der Waals surface area contributed by atoms with Crippen molar-refractivity contribution in [1.82, 2.24) is 19.8 Å². The molecule has 0 aliphatic carbocycles. The molecule has 0 atom stereocenters. The molecule has 5 heteroatoms. The van der Waals surface area contributed by atoms with Gasteiger partial charge in [0.2, 0.25) is 0 Å². The molecule has 3 rings (SSSR count). The second-order valence-corrected chi connectivity index (χ2v) is 4.08. The largest absolute Gasteiger partial charge is 0.298 e. The Morgan fingerprint density at radius 1 is 1.22 bits per heavy atom. The summed E-state index contributed by atoms with van der Waals surface area (Å²) in [4.78, 5) is 14.9.